The minimum Gasteiger partial charge on any atom is -0.376 e. The average Bonchev–Trinajstić information content (AvgIpc) is 3.13. The second kappa shape index (κ2) is 9.55. The number of nitrogens with zero attached hydrogens (tertiary/aromatic N) is 1. The van der Waals surface area contributed by atoms with Gasteiger partial charge in [-0.25, -0.2) is 0 Å². The molecule has 1 aliphatic carbocycles. The molecule has 1 atom stereocenters. The van der Waals surface area contributed by atoms with E-state index in [0.29, 0.717) is 5.92 Å². The van der Waals surface area contributed by atoms with Gasteiger partial charge < -0.3 is 4.81 Å². The fraction of sp³-hybridized carbons (Fsp3) is 0.111. The summed E-state index contributed by atoms with van der Waals surface area (Å²) in [7, 11) is 0. The molecule has 1 unspecified atom stereocenters. The van der Waals surface area contributed by atoms with E-state index in [2.05, 4.69) is 158 Å². The third kappa shape index (κ3) is 3.45. The van der Waals surface area contributed by atoms with E-state index in [0.717, 1.165) is 6.42 Å². The first-order valence-corrected chi connectivity index (χ1v) is 18.0. The number of anilines is 2. The standard InChI is InChI=1S/C45H32BNS/c1-45(2)36-20-10-11-22-40(36)48-41-25-35-39(26-37(41)45)47(29-15-4-3-5-16-29)46-38-21-12-19-32-30-17-8-6-13-27(30)23-33(42(32)38)34-24-28-14-7-9-18-31(28)43(35)44(34)46/h3-22,24-26,33H,23H2,1-2H3. The van der Waals surface area contributed by atoms with Crippen molar-refractivity contribution in [2.45, 2.75) is 41.4 Å². The molecule has 0 fully saturated rings. The van der Waals surface area contributed by atoms with Crippen LogP contribution in [0, 0.1) is 0 Å². The van der Waals surface area contributed by atoms with Crippen molar-refractivity contribution < 1.29 is 0 Å². The van der Waals surface area contributed by atoms with Crippen LogP contribution in [0.5, 0.6) is 0 Å². The summed E-state index contributed by atoms with van der Waals surface area (Å²) in [5.74, 6) is 0.317. The average molecular weight is 630 g/mol. The summed E-state index contributed by atoms with van der Waals surface area (Å²) in [6.45, 7) is 4.88. The van der Waals surface area contributed by atoms with Crippen molar-refractivity contribution in [2.24, 2.45) is 0 Å². The van der Waals surface area contributed by atoms with Gasteiger partial charge in [-0.05, 0) is 103 Å². The zero-order valence-corrected chi connectivity index (χ0v) is 27.8. The highest BCUT2D eigenvalue weighted by atomic mass is 32.2. The molecular formula is C45H32BNS. The van der Waals surface area contributed by atoms with Crippen LogP contribution in [-0.2, 0) is 11.8 Å². The molecule has 3 aliphatic heterocycles. The lowest BCUT2D eigenvalue weighted by molar-refractivity contribution is 0.607. The SMILES string of the molecule is CC1(C)c2ccccc2Sc2cc3c(cc21)N(c1ccccc1)B1c2cccc4c2C(Cc2ccccc2-4)c2cc4ccccc4c-3c21. The molecule has 1 nitrogen and oxygen atoms in total. The quantitative estimate of drug-likeness (QED) is 0.166. The molecule has 4 aliphatic rings. The van der Waals surface area contributed by atoms with Crippen molar-refractivity contribution in [2.75, 3.05) is 4.81 Å². The molecular weight excluding hydrogens is 597 g/mol. The molecule has 0 bridgehead atoms. The topological polar surface area (TPSA) is 3.24 Å². The Bertz CT molecular complexity index is 2510. The van der Waals surface area contributed by atoms with Crippen molar-refractivity contribution >= 4 is 51.7 Å². The molecule has 0 saturated carbocycles. The van der Waals surface area contributed by atoms with Crippen LogP contribution in [0.1, 0.15) is 47.6 Å². The Labute approximate surface area is 286 Å². The second-order valence-corrected chi connectivity index (χ2v) is 15.5. The van der Waals surface area contributed by atoms with Gasteiger partial charge in [-0.15, -0.1) is 0 Å². The predicted octanol–water partition coefficient (Wildman–Crippen LogP) is 10.2. The monoisotopic (exact) mass is 629 g/mol. The molecule has 3 heteroatoms. The molecule has 3 heterocycles. The molecule has 0 aromatic heterocycles. The van der Waals surface area contributed by atoms with E-state index in [9.17, 15) is 0 Å². The van der Waals surface area contributed by atoms with E-state index in [-0.39, 0.29) is 12.3 Å². The molecule has 0 amide bonds. The van der Waals surface area contributed by atoms with E-state index >= 15 is 0 Å². The molecule has 48 heavy (non-hydrogen) atoms. The summed E-state index contributed by atoms with van der Waals surface area (Å²) in [5, 5.41) is 2.69. The highest BCUT2D eigenvalue weighted by Gasteiger charge is 2.48. The third-order valence-electron chi connectivity index (χ3n) is 11.7. The predicted molar refractivity (Wildman–Crippen MR) is 203 cm³/mol. The van der Waals surface area contributed by atoms with Crippen molar-refractivity contribution in [1.29, 1.82) is 0 Å². The van der Waals surface area contributed by atoms with E-state index in [1.165, 1.54) is 92.9 Å². The zero-order valence-electron chi connectivity index (χ0n) is 27.0. The Kier molecular flexibility index (Phi) is 5.38. The summed E-state index contributed by atoms with van der Waals surface area (Å²) < 4.78 is 0. The molecule has 0 saturated heterocycles. The molecule has 226 valence electrons. The first-order valence-electron chi connectivity index (χ1n) is 17.1. The zero-order chi connectivity index (χ0) is 31.7. The number of hydrogen-bond acceptors (Lipinski definition) is 2. The Morgan fingerprint density at radius 2 is 1.44 bits per heavy atom. The number of para-hydroxylation sites is 1. The van der Waals surface area contributed by atoms with Crippen LogP contribution in [0.25, 0.3) is 33.0 Å². The van der Waals surface area contributed by atoms with Crippen molar-refractivity contribution in [3.63, 3.8) is 0 Å². The summed E-state index contributed by atoms with van der Waals surface area (Å²) in [6, 6.07) is 53.1. The van der Waals surface area contributed by atoms with E-state index in [1.54, 1.807) is 0 Å². The smallest absolute Gasteiger partial charge is 0.329 e. The lowest BCUT2D eigenvalue weighted by Gasteiger charge is -2.47. The number of fused-ring (bicyclic) bond motifs is 10. The van der Waals surface area contributed by atoms with Gasteiger partial charge >= 0.3 is 6.85 Å². The largest absolute Gasteiger partial charge is 0.376 e. The normalized spacial score (nSPS) is 17.1. The molecule has 7 aromatic rings. The van der Waals surface area contributed by atoms with Crippen LogP contribution < -0.4 is 15.7 Å². The van der Waals surface area contributed by atoms with Gasteiger partial charge in [0, 0.05) is 38.1 Å². The fourth-order valence-electron chi connectivity index (χ4n) is 9.57. The molecule has 0 N–H and O–H groups in total. The van der Waals surface area contributed by atoms with E-state index < -0.39 is 0 Å². The van der Waals surface area contributed by atoms with Crippen LogP contribution >= 0.6 is 11.8 Å². The van der Waals surface area contributed by atoms with Crippen LogP contribution in [0.2, 0.25) is 0 Å². The van der Waals surface area contributed by atoms with Crippen molar-refractivity contribution in [3.05, 3.63) is 167 Å². The van der Waals surface area contributed by atoms with Gasteiger partial charge in [0.05, 0.1) is 0 Å². The fourth-order valence-corrected chi connectivity index (χ4v) is 11.0. The van der Waals surface area contributed by atoms with Crippen molar-refractivity contribution in [1.82, 2.24) is 0 Å². The highest BCUT2D eigenvalue weighted by molar-refractivity contribution is 7.99. The lowest BCUT2D eigenvalue weighted by Crippen LogP contribution is -2.62. The Morgan fingerprint density at radius 3 is 2.35 bits per heavy atom. The highest BCUT2D eigenvalue weighted by Crippen LogP contribution is 2.55. The van der Waals surface area contributed by atoms with Crippen LogP contribution in [0.4, 0.5) is 11.4 Å². The Morgan fingerprint density at radius 1 is 0.667 bits per heavy atom. The summed E-state index contributed by atoms with van der Waals surface area (Å²) in [6.07, 6.45) is 1.03. The van der Waals surface area contributed by atoms with Gasteiger partial charge in [-0.1, -0.05) is 135 Å². The molecule has 0 spiro atoms. The molecule has 0 radical (unpaired) electrons. The molecule has 11 rings (SSSR count). The first-order chi connectivity index (χ1) is 23.6. The van der Waals surface area contributed by atoms with Crippen LogP contribution in [0.15, 0.2) is 149 Å². The van der Waals surface area contributed by atoms with Crippen LogP contribution in [-0.4, -0.2) is 6.85 Å². The van der Waals surface area contributed by atoms with Crippen molar-refractivity contribution in [3.8, 4) is 22.3 Å². The molecule has 7 aromatic carbocycles. The van der Waals surface area contributed by atoms with Gasteiger partial charge in [0.15, 0.2) is 0 Å². The van der Waals surface area contributed by atoms with E-state index in [1.807, 2.05) is 11.8 Å². The second-order valence-electron chi connectivity index (χ2n) is 14.4. The summed E-state index contributed by atoms with van der Waals surface area (Å²) in [5.41, 5.74) is 18.2. The lowest BCUT2D eigenvalue weighted by atomic mass is 9.39. The maximum atomic E-state index is 2.68. The van der Waals surface area contributed by atoms with Crippen LogP contribution in [0.3, 0.4) is 0 Å². The Hall–Kier alpha value is -4.99. The van der Waals surface area contributed by atoms with Gasteiger partial charge in [0.2, 0.25) is 0 Å². The maximum absolute atomic E-state index is 2.68. The van der Waals surface area contributed by atoms with Gasteiger partial charge in [0.25, 0.3) is 0 Å². The minimum atomic E-state index is -0.119. The number of benzene rings is 7. The van der Waals surface area contributed by atoms with Gasteiger partial charge in [-0.2, -0.15) is 0 Å². The first kappa shape index (κ1) is 27.0. The number of hydrogen-bond donors (Lipinski definition) is 0. The van der Waals surface area contributed by atoms with E-state index in [4.69, 9.17) is 0 Å². The van der Waals surface area contributed by atoms with Gasteiger partial charge in [0.1, 0.15) is 0 Å². The minimum absolute atomic E-state index is 0.0654. The number of rotatable bonds is 1. The summed E-state index contributed by atoms with van der Waals surface area (Å²) in [4.78, 5) is 5.42. The maximum Gasteiger partial charge on any atom is 0.329 e. The summed E-state index contributed by atoms with van der Waals surface area (Å²) >= 11 is 1.94. The van der Waals surface area contributed by atoms with Gasteiger partial charge in [-0.3, -0.25) is 0 Å². The third-order valence-corrected chi connectivity index (χ3v) is 12.8. The Balaban J connectivity index is 1.29.